The van der Waals surface area contributed by atoms with E-state index in [1.807, 2.05) is 6.07 Å². The molecule has 0 aliphatic carbocycles. The first-order valence-corrected chi connectivity index (χ1v) is 4.84. The Morgan fingerprint density at radius 3 is 3.00 bits per heavy atom. The third-order valence-corrected chi connectivity index (χ3v) is 1.88. The number of aliphatic hydroxyl groups excluding tert-OH is 1. The summed E-state index contributed by atoms with van der Waals surface area (Å²) in [5.41, 5.74) is 0. The lowest BCUT2D eigenvalue weighted by Crippen LogP contribution is -2.29. The largest absolute Gasteiger partial charge is 0.412 e. The topological polar surface area (TPSA) is 58.6 Å². The fourth-order valence-corrected chi connectivity index (χ4v) is 1.21. The van der Waals surface area contributed by atoms with Gasteiger partial charge in [0.2, 0.25) is 0 Å². The van der Waals surface area contributed by atoms with Gasteiger partial charge in [-0.1, -0.05) is 22.0 Å². The van der Waals surface area contributed by atoms with Crippen LogP contribution in [0.15, 0.2) is 28.7 Å². The van der Waals surface area contributed by atoms with Crippen molar-refractivity contribution in [3.8, 4) is 5.75 Å². The molecule has 76 valence electrons. The summed E-state index contributed by atoms with van der Waals surface area (Å²) < 4.78 is 5.74. The second-order valence-corrected chi connectivity index (χ2v) is 3.41. The Morgan fingerprint density at radius 2 is 2.36 bits per heavy atom. The highest BCUT2D eigenvalue weighted by atomic mass is 79.9. The van der Waals surface area contributed by atoms with Crippen LogP contribution in [0.3, 0.4) is 0 Å². The molecule has 0 unspecified atom stereocenters. The maximum absolute atomic E-state index is 11.0. The van der Waals surface area contributed by atoms with Crippen LogP contribution in [0, 0.1) is 0 Å². The van der Waals surface area contributed by atoms with Gasteiger partial charge in [0.15, 0.2) is 0 Å². The number of carbonyl (C=O) groups excluding carboxylic acids is 1. The number of ether oxygens (including phenoxy) is 1. The minimum Gasteiger partial charge on any atom is -0.410 e. The van der Waals surface area contributed by atoms with Crippen LogP contribution >= 0.6 is 15.9 Å². The average molecular weight is 260 g/mol. The van der Waals surface area contributed by atoms with Crippen LogP contribution in [0.5, 0.6) is 5.75 Å². The lowest BCUT2D eigenvalue weighted by atomic mass is 10.3. The molecule has 1 amide bonds. The lowest BCUT2D eigenvalue weighted by molar-refractivity contribution is 0.195. The normalized spacial score (nSPS) is 9.57. The summed E-state index contributed by atoms with van der Waals surface area (Å²) in [6.45, 7) is 0.0838. The van der Waals surface area contributed by atoms with Crippen molar-refractivity contribution in [2.45, 2.75) is 0 Å². The highest BCUT2D eigenvalue weighted by Crippen LogP contribution is 2.17. The van der Waals surface area contributed by atoms with Gasteiger partial charge in [-0.2, -0.15) is 0 Å². The van der Waals surface area contributed by atoms with Crippen LogP contribution < -0.4 is 10.1 Å². The lowest BCUT2D eigenvalue weighted by Gasteiger charge is -2.04. The summed E-state index contributed by atoms with van der Waals surface area (Å²) in [5, 5.41) is 10.8. The van der Waals surface area contributed by atoms with Gasteiger partial charge in [0.25, 0.3) is 0 Å². The predicted molar refractivity (Wildman–Crippen MR) is 55.3 cm³/mol. The number of hydrogen-bond donors (Lipinski definition) is 2. The number of halogens is 1. The Balaban J connectivity index is 2.47. The molecule has 0 radical (unpaired) electrons. The molecule has 0 heterocycles. The first-order valence-electron chi connectivity index (χ1n) is 4.04. The third-order valence-electron chi connectivity index (χ3n) is 1.39. The van der Waals surface area contributed by atoms with Crippen LogP contribution in [-0.2, 0) is 0 Å². The molecule has 14 heavy (non-hydrogen) atoms. The van der Waals surface area contributed by atoms with Gasteiger partial charge in [-0.25, -0.2) is 4.79 Å². The van der Waals surface area contributed by atoms with Crippen molar-refractivity contribution in [2.24, 2.45) is 0 Å². The number of amides is 1. The molecule has 2 N–H and O–H groups in total. The van der Waals surface area contributed by atoms with E-state index in [-0.39, 0.29) is 13.2 Å². The van der Waals surface area contributed by atoms with Gasteiger partial charge in [-0.15, -0.1) is 0 Å². The van der Waals surface area contributed by atoms with Gasteiger partial charge in [-0.05, 0) is 18.2 Å². The monoisotopic (exact) mass is 259 g/mol. The Labute approximate surface area is 90.0 Å². The number of hydrogen-bond acceptors (Lipinski definition) is 3. The van der Waals surface area contributed by atoms with Gasteiger partial charge in [-0.3, -0.25) is 0 Å². The molecule has 0 aliphatic rings. The molecule has 0 aromatic heterocycles. The van der Waals surface area contributed by atoms with Crippen molar-refractivity contribution in [1.82, 2.24) is 5.32 Å². The maximum Gasteiger partial charge on any atom is 0.412 e. The standard InChI is InChI=1S/C9H10BrNO3/c10-7-2-1-3-8(6-7)14-9(13)11-4-5-12/h1-3,6,12H,4-5H2,(H,11,13). The third kappa shape index (κ3) is 3.76. The smallest absolute Gasteiger partial charge is 0.410 e. The van der Waals surface area contributed by atoms with Gasteiger partial charge < -0.3 is 15.2 Å². The summed E-state index contributed by atoms with van der Waals surface area (Å²) in [5.74, 6) is 0.454. The van der Waals surface area contributed by atoms with E-state index in [2.05, 4.69) is 21.2 Å². The Kier molecular flexibility index (Phi) is 4.42. The summed E-state index contributed by atoms with van der Waals surface area (Å²) in [6, 6.07) is 6.94. The Bertz CT molecular complexity index is 317. The molecule has 5 heteroatoms. The highest BCUT2D eigenvalue weighted by molar-refractivity contribution is 9.10. The first kappa shape index (κ1) is 11.0. The molecular formula is C9H10BrNO3. The Morgan fingerprint density at radius 1 is 1.57 bits per heavy atom. The number of benzene rings is 1. The van der Waals surface area contributed by atoms with Crippen molar-refractivity contribution in [1.29, 1.82) is 0 Å². The fraction of sp³-hybridized carbons (Fsp3) is 0.222. The number of nitrogens with one attached hydrogen (secondary N) is 1. The summed E-state index contributed by atoms with van der Waals surface area (Å²) in [4.78, 5) is 11.0. The van der Waals surface area contributed by atoms with Crippen molar-refractivity contribution in [3.63, 3.8) is 0 Å². The SMILES string of the molecule is O=C(NCCO)Oc1cccc(Br)c1. The van der Waals surface area contributed by atoms with Gasteiger partial charge in [0, 0.05) is 11.0 Å². The average Bonchev–Trinajstić information content (AvgIpc) is 2.15. The molecular weight excluding hydrogens is 250 g/mol. The number of carbonyl (C=O) groups is 1. The number of rotatable bonds is 3. The second-order valence-electron chi connectivity index (χ2n) is 2.50. The predicted octanol–water partition coefficient (Wildman–Crippen LogP) is 1.53. The highest BCUT2D eigenvalue weighted by Gasteiger charge is 2.02. The molecule has 0 atom stereocenters. The summed E-state index contributed by atoms with van der Waals surface area (Å²) in [7, 11) is 0. The molecule has 0 saturated heterocycles. The molecule has 1 aromatic carbocycles. The van der Waals surface area contributed by atoms with Crippen LogP contribution in [-0.4, -0.2) is 24.4 Å². The van der Waals surface area contributed by atoms with Gasteiger partial charge >= 0.3 is 6.09 Å². The van der Waals surface area contributed by atoms with Crippen LogP contribution in [0.2, 0.25) is 0 Å². The quantitative estimate of drug-likeness (QED) is 0.866. The number of aliphatic hydroxyl groups is 1. The summed E-state index contributed by atoms with van der Waals surface area (Å²) in [6.07, 6.45) is -0.572. The van der Waals surface area contributed by atoms with E-state index in [1.54, 1.807) is 18.2 Å². The van der Waals surface area contributed by atoms with E-state index in [1.165, 1.54) is 0 Å². The molecule has 1 aromatic rings. The molecule has 1 rings (SSSR count). The fourth-order valence-electron chi connectivity index (χ4n) is 0.832. The van der Waals surface area contributed by atoms with Crippen LogP contribution in [0.25, 0.3) is 0 Å². The summed E-state index contributed by atoms with van der Waals surface area (Å²) >= 11 is 3.25. The van der Waals surface area contributed by atoms with Gasteiger partial charge in [0.1, 0.15) is 5.75 Å². The van der Waals surface area contributed by atoms with E-state index in [0.29, 0.717) is 5.75 Å². The molecule has 4 nitrogen and oxygen atoms in total. The molecule has 0 aliphatic heterocycles. The molecule has 0 saturated carbocycles. The van der Waals surface area contributed by atoms with Crippen molar-refractivity contribution >= 4 is 22.0 Å². The molecule has 0 spiro atoms. The van der Waals surface area contributed by atoms with Gasteiger partial charge in [0.05, 0.1) is 6.61 Å². The van der Waals surface area contributed by atoms with Crippen molar-refractivity contribution in [3.05, 3.63) is 28.7 Å². The minimum atomic E-state index is -0.572. The zero-order valence-electron chi connectivity index (χ0n) is 7.37. The van der Waals surface area contributed by atoms with Crippen LogP contribution in [0.1, 0.15) is 0 Å². The van der Waals surface area contributed by atoms with E-state index in [9.17, 15) is 4.79 Å². The minimum absolute atomic E-state index is 0.104. The van der Waals surface area contributed by atoms with Crippen molar-refractivity contribution in [2.75, 3.05) is 13.2 Å². The van der Waals surface area contributed by atoms with Crippen LogP contribution in [0.4, 0.5) is 4.79 Å². The van der Waals surface area contributed by atoms with Crippen molar-refractivity contribution < 1.29 is 14.6 Å². The first-order chi connectivity index (χ1) is 6.72. The second kappa shape index (κ2) is 5.62. The molecule has 0 bridgehead atoms. The van der Waals surface area contributed by atoms with E-state index in [0.717, 1.165) is 4.47 Å². The Hall–Kier alpha value is -1.07. The zero-order valence-corrected chi connectivity index (χ0v) is 8.95. The van der Waals surface area contributed by atoms with E-state index >= 15 is 0 Å². The van der Waals surface area contributed by atoms with E-state index in [4.69, 9.17) is 9.84 Å². The zero-order chi connectivity index (χ0) is 10.4. The maximum atomic E-state index is 11.0. The molecule has 0 fully saturated rings. The van der Waals surface area contributed by atoms with E-state index < -0.39 is 6.09 Å².